The summed E-state index contributed by atoms with van der Waals surface area (Å²) < 4.78 is 0. The summed E-state index contributed by atoms with van der Waals surface area (Å²) in [6.45, 7) is 3.50. The van der Waals surface area contributed by atoms with Gasteiger partial charge < -0.3 is 10.6 Å². The Kier molecular flexibility index (Phi) is 4.56. The van der Waals surface area contributed by atoms with Crippen molar-refractivity contribution in [2.75, 3.05) is 19.6 Å². The minimum atomic E-state index is 0.0514. The number of piperidine rings is 1. The van der Waals surface area contributed by atoms with Gasteiger partial charge in [-0.15, -0.1) is 0 Å². The highest BCUT2D eigenvalue weighted by Gasteiger charge is 2.34. The van der Waals surface area contributed by atoms with Crippen molar-refractivity contribution in [1.29, 1.82) is 0 Å². The van der Waals surface area contributed by atoms with E-state index in [1.165, 1.54) is 5.56 Å². The smallest absolute Gasteiger partial charge is 0.239 e. The second kappa shape index (κ2) is 6.58. The van der Waals surface area contributed by atoms with Crippen LogP contribution in [0.5, 0.6) is 0 Å². The average Bonchev–Trinajstić information content (AvgIpc) is 2.95. The van der Waals surface area contributed by atoms with Crippen LogP contribution in [0.1, 0.15) is 31.2 Å². The van der Waals surface area contributed by atoms with Gasteiger partial charge in [-0.2, -0.15) is 0 Å². The molecule has 2 saturated heterocycles. The Hall–Kier alpha value is -1.39. The predicted octanol–water partition coefficient (Wildman–Crippen LogP) is 1.60. The number of hydrogen-bond donors (Lipinski definition) is 1. The molecule has 3 rings (SSSR count). The van der Waals surface area contributed by atoms with Gasteiger partial charge in [-0.3, -0.25) is 9.69 Å². The first-order valence-corrected chi connectivity index (χ1v) is 8.06. The van der Waals surface area contributed by atoms with E-state index >= 15 is 0 Å². The van der Waals surface area contributed by atoms with Crippen LogP contribution >= 0.6 is 0 Å². The number of hydrogen-bond acceptors (Lipinski definition) is 3. The Bertz CT molecular complexity index is 476. The van der Waals surface area contributed by atoms with E-state index in [-0.39, 0.29) is 12.1 Å². The van der Waals surface area contributed by atoms with E-state index in [4.69, 9.17) is 5.73 Å². The van der Waals surface area contributed by atoms with E-state index in [1.807, 2.05) is 11.0 Å². The average molecular weight is 287 g/mol. The molecule has 0 aromatic heterocycles. The topological polar surface area (TPSA) is 49.6 Å². The molecule has 114 valence electrons. The Morgan fingerprint density at radius 3 is 2.67 bits per heavy atom. The van der Waals surface area contributed by atoms with Crippen LogP contribution in [-0.4, -0.2) is 47.4 Å². The third kappa shape index (κ3) is 3.44. The van der Waals surface area contributed by atoms with Gasteiger partial charge in [-0.25, -0.2) is 0 Å². The van der Waals surface area contributed by atoms with Gasteiger partial charge in [0.05, 0.1) is 6.04 Å². The van der Waals surface area contributed by atoms with E-state index in [0.29, 0.717) is 5.91 Å². The molecule has 1 amide bonds. The summed E-state index contributed by atoms with van der Waals surface area (Å²) in [5.74, 6) is 0.290. The molecule has 2 fully saturated rings. The minimum Gasteiger partial charge on any atom is -0.340 e. The number of nitrogens with zero attached hydrogens (tertiary/aromatic N) is 2. The largest absolute Gasteiger partial charge is 0.340 e. The Balaban J connectivity index is 1.64. The lowest BCUT2D eigenvalue weighted by Crippen LogP contribution is -2.51. The monoisotopic (exact) mass is 287 g/mol. The SMILES string of the molecule is N[C@@H]1CCCN(C(=O)[C@H]2CCCN2Cc2ccccc2)C1. The van der Waals surface area contributed by atoms with E-state index in [1.54, 1.807) is 0 Å². The van der Waals surface area contributed by atoms with Crippen LogP contribution in [0.2, 0.25) is 0 Å². The minimum absolute atomic E-state index is 0.0514. The fourth-order valence-electron chi connectivity index (χ4n) is 3.53. The molecule has 4 nitrogen and oxygen atoms in total. The quantitative estimate of drug-likeness (QED) is 0.918. The molecular weight excluding hydrogens is 262 g/mol. The molecule has 0 saturated carbocycles. The Morgan fingerprint density at radius 2 is 1.90 bits per heavy atom. The molecule has 2 atom stereocenters. The second-order valence-corrected chi connectivity index (χ2v) is 6.30. The molecule has 2 aliphatic heterocycles. The number of nitrogens with two attached hydrogens (primary N) is 1. The lowest BCUT2D eigenvalue weighted by molar-refractivity contribution is -0.137. The molecule has 2 heterocycles. The molecule has 4 heteroatoms. The molecule has 0 unspecified atom stereocenters. The van der Waals surface area contributed by atoms with Crippen molar-refractivity contribution in [1.82, 2.24) is 9.80 Å². The van der Waals surface area contributed by atoms with Crippen molar-refractivity contribution >= 4 is 5.91 Å². The second-order valence-electron chi connectivity index (χ2n) is 6.30. The van der Waals surface area contributed by atoms with E-state index in [9.17, 15) is 4.79 Å². The van der Waals surface area contributed by atoms with Crippen LogP contribution < -0.4 is 5.73 Å². The molecule has 0 aliphatic carbocycles. The molecule has 2 N–H and O–H groups in total. The zero-order valence-corrected chi connectivity index (χ0v) is 12.6. The van der Waals surface area contributed by atoms with Crippen molar-refractivity contribution < 1.29 is 4.79 Å². The van der Waals surface area contributed by atoms with E-state index < -0.39 is 0 Å². The van der Waals surface area contributed by atoms with Crippen molar-refractivity contribution in [3.8, 4) is 0 Å². The first kappa shape index (κ1) is 14.5. The lowest BCUT2D eigenvalue weighted by Gasteiger charge is -2.35. The van der Waals surface area contributed by atoms with Crippen molar-refractivity contribution in [3.63, 3.8) is 0 Å². The molecule has 0 spiro atoms. The Labute approximate surface area is 126 Å². The van der Waals surface area contributed by atoms with Crippen LogP contribution in [0.3, 0.4) is 0 Å². The highest BCUT2D eigenvalue weighted by atomic mass is 16.2. The standard InChI is InChI=1S/C17H25N3O/c18-15-8-4-11-20(13-15)17(21)16-9-5-10-19(16)12-14-6-2-1-3-7-14/h1-3,6-7,15-16H,4-5,8-13,18H2/t15-,16-/m1/s1. The molecule has 0 radical (unpaired) electrons. The number of carbonyl (C=O) groups is 1. The van der Waals surface area contributed by atoms with Gasteiger partial charge >= 0.3 is 0 Å². The third-order valence-corrected chi connectivity index (χ3v) is 4.65. The molecule has 2 aliphatic rings. The summed E-state index contributed by atoms with van der Waals surface area (Å²) in [5.41, 5.74) is 7.30. The van der Waals surface area contributed by atoms with Gasteiger partial charge in [0.25, 0.3) is 0 Å². The summed E-state index contributed by atoms with van der Waals surface area (Å²) in [4.78, 5) is 17.1. The van der Waals surface area contributed by atoms with Crippen LogP contribution in [-0.2, 0) is 11.3 Å². The number of likely N-dealkylation sites (tertiary alicyclic amines) is 2. The van der Waals surface area contributed by atoms with Crippen LogP contribution in [0, 0.1) is 0 Å². The lowest BCUT2D eigenvalue weighted by atomic mass is 10.0. The first-order valence-electron chi connectivity index (χ1n) is 8.06. The van der Waals surface area contributed by atoms with Gasteiger partial charge in [-0.1, -0.05) is 30.3 Å². The van der Waals surface area contributed by atoms with Crippen molar-refractivity contribution in [2.45, 2.75) is 44.3 Å². The zero-order valence-electron chi connectivity index (χ0n) is 12.6. The van der Waals surface area contributed by atoms with Gasteiger partial charge in [0.15, 0.2) is 0 Å². The van der Waals surface area contributed by atoms with E-state index in [2.05, 4.69) is 29.2 Å². The van der Waals surface area contributed by atoms with Gasteiger partial charge in [0.2, 0.25) is 5.91 Å². The molecular formula is C17H25N3O. The van der Waals surface area contributed by atoms with Gasteiger partial charge in [0.1, 0.15) is 0 Å². The fraction of sp³-hybridized carbons (Fsp3) is 0.588. The van der Waals surface area contributed by atoms with Gasteiger partial charge in [0, 0.05) is 25.7 Å². The highest BCUT2D eigenvalue weighted by molar-refractivity contribution is 5.82. The molecule has 0 bridgehead atoms. The predicted molar refractivity (Wildman–Crippen MR) is 83.7 cm³/mol. The number of rotatable bonds is 3. The number of amides is 1. The fourth-order valence-corrected chi connectivity index (χ4v) is 3.53. The summed E-state index contributed by atoms with van der Waals surface area (Å²) in [7, 11) is 0. The van der Waals surface area contributed by atoms with Crippen LogP contribution in [0.15, 0.2) is 30.3 Å². The first-order chi connectivity index (χ1) is 10.2. The maximum Gasteiger partial charge on any atom is 0.239 e. The normalized spacial score (nSPS) is 27.0. The molecule has 1 aromatic carbocycles. The summed E-state index contributed by atoms with van der Waals surface area (Å²) in [5, 5.41) is 0. The third-order valence-electron chi connectivity index (χ3n) is 4.65. The van der Waals surface area contributed by atoms with Crippen LogP contribution in [0.25, 0.3) is 0 Å². The van der Waals surface area contributed by atoms with Crippen molar-refractivity contribution in [3.05, 3.63) is 35.9 Å². The number of carbonyl (C=O) groups excluding carboxylic acids is 1. The number of benzene rings is 1. The summed E-state index contributed by atoms with van der Waals surface area (Å²) in [6, 6.07) is 10.6. The zero-order chi connectivity index (χ0) is 14.7. The van der Waals surface area contributed by atoms with E-state index in [0.717, 1.165) is 51.9 Å². The summed E-state index contributed by atoms with van der Waals surface area (Å²) in [6.07, 6.45) is 4.18. The highest BCUT2D eigenvalue weighted by Crippen LogP contribution is 2.23. The summed E-state index contributed by atoms with van der Waals surface area (Å²) >= 11 is 0. The molecule has 21 heavy (non-hydrogen) atoms. The van der Waals surface area contributed by atoms with Crippen molar-refractivity contribution in [2.24, 2.45) is 5.73 Å². The Morgan fingerprint density at radius 1 is 1.14 bits per heavy atom. The maximum absolute atomic E-state index is 12.8. The van der Waals surface area contributed by atoms with Crippen LogP contribution in [0.4, 0.5) is 0 Å². The molecule has 1 aromatic rings. The maximum atomic E-state index is 12.8. The van der Waals surface area contributed by atoms with Gasteiger partial charge in [-0.05, 0) is 37.8 Å².